The van der Waals surface area contributed by atoms with Gasteiger partial charge in [-0.2, -0.15) is 0 Å². The molecule has 0 bridgehead atoms. The molecule has 4 nitrogen and oxygen atoms in total. The summed E-state index contributed by atoms with van der Waals surface area (Å²) in [4.78, 5) is 12.2. The summed E-state index contributed by atoms with van der Waals surface area (Å²) in [5, 5.41) is 3.16. The molecule has 4 heteroatoms. The molecule has 1 aromatic carbocycles. The first-order chi connectivity index (χ1) is 8.72. The quantitative estimate of drug-likeness (QED) is 0.823. The summed E-state index contributed by atoms with van der Waals surface area (Å²) < 4.78 is 10.9. The van der Waals surface area contributed by atoms with Crippen molar-refractivity contribution in [3.63, 3.8) is 0 Å². The molecule has 0 radical (unpaired) electrons. The number of rotatable bonds is 4. The zero-order valence-electron chi connectivity index (χ0n) is 10.9. The molecule has 1 heterocycles. The zero-order valence-corrected chi connectivity index (χ0v) is 10.9. The van der Waals surface area contributed by atoms with Gasteiger partial charge < -0.3 is 14.8 Å². The Labute approximate surface area is 107 Å². The van der Waals surface area contributed by atoms with E-state index in [4.69, 9.17) is 9.47 Å². The molecule has 0 aliphatic carbocycles. The van der Waals surface area contributed by atoms with Crippen molar-refractivity contribution in [1.29, 1.82) is 0 Å². The Hall–Kier alpha value is -1.39. The van der Waals surface area contributed by atoms with Crippen LogP contribution >= 0.6 is 0 Å². The molecule has 0 aromatic heterocycles. The maximum Gasteiger partial charge on any atom is 0.192 e. The molecule has 18 heavy (non-hydrogen) atoms. The standard InChI is InChI=1S/C14H19NO3/c1-3-17-12-5-4-11(8-10(12)2)14(16)13-9-15-6-7-18-13/h4-5,8,13,15H,3,6-7,9H2,1-2H3. The third-order valence-corrected chi connectivity index (χ3v) is 2.98. The van der Waals surface area contributed by atoms with Gasteiger partial charge in [0.25, 0.3) is 0 Å². The highest BCUT2D eigenvalue weighted by Crippen LogP contribution is 2.20. The molecule has 1 fully saturated rings. The van der Waals surface area contributed by atoms with Crippen LogP contribution in [-0.2, 0) is 4.74 Å². The number of aryl methyl sites for hydroxylation is 1. The molecule has 1 aromatic rings. The Bertz CT molecular complexity index is 425. The fourth-order valence-electron chi connectivity index (χ4n) is 2.04. The number of hydrogen-bond donors (Lipinski definition) is 1. The predicted molar refractivity (Wildman–Crippen MR) is 69.3 cm³/mol. The lowest BCUT2D eigenvalue weighted by Gasteiger charge is -2.22. The van der Waals surface area contributed by atoms with Gasteiger partial charge in [-0.1, -0.05) is 0 Å². The fourth-order valence-corrected chi connectivity index (χ4v) is 2.04. The number of carbonyl (C=O) groups excluding carboxylic acids is 1. The molecule has 1 N–H and O–H groups in total. The summed E-state index contributed by atoms with van der Waals surface area (Å²) in [5.41, 5.74) is 1.66. The summed E-state index contributed by atoms with van der Waals surface area (Å²) in [6, 6.07) is 5.52. The summed E-state index contributed by atoms with van der Waals surface area (Å²) in [5.74, 6) is 0.866. The largest absolute Gasteiger partial charge is 0.494 e. The van der Waals surface area contributed by atoms with E-state index in [1.807, 2.05) is 26.0 Å². The zero-order chi connectivity index (χ0) is 13.0. The molecule has 1 aliphatic rings. The van der Waals surface area contributed by atoms with Crippen LogP contribution < -0.4 is 10.1 Å². The second-order valence-electron chi connectivity index (χ2n) is 4.34. The van der Waals surface area contributed by atoms with Crippen molar-refractivity contribution in [2.75, 3.05) is 26.3 Å². The topological polar surface area (TPSA) is 47.6 Å². The van der Waals surface area contributed by atoms with Crippen molar-refractivity contribution in [1.82, 2.24) is 5.32 Å². The van der Waals surface area contributed by atoms with E-state index in [2.05, 4.69) is 5.32 Å². The van der Waals surface area contributed by atoms with Gasteiger partial charge in [0.2, 0.25) is 0 Å². The Morgan fingerprint density at radius 1 is 1.56 bits per heavy atom. The van der Waals surface area contributed by atoms with Gasteiger partial charge in [-0.3, -0.25) is 4.79 Å². The van der Waals surface area contributed by atoms with Crippen molar-refractivity contribution in [2.45, 2.75) is 20.0 Å². The van der Waals surface area contributed by atoms with Gasteiger partial charge in [0, 0.05) is 18.7 Å². The van der Waals surface area contributed by atoms with E-state index in [1.165, 1.54) is 0 Å². The minimum absolute atomic E-state index is 0.0355. The second-order valence-corrected chi connectivity index (χ2v) is 4.34. The van der Waals surface area contributed by atoms with Gasteiger partial charge >= 0.3 is 0 Å². The number of nitrogens with one attached hydrogen (secondary N) is 1. The molecule has 1 saturated heterocycles. The van der Waals surface area contributed by atoms with Gasteiger partial charge in [0.05, 0.1) is 13.2 Å². The molecule has 1 aliphatic heterocycles. The first kappa shape index (κ1) is 13.1. The molecule has 0 amide bonds. The fraction of sp³-hybridized carbons (Fsp3) is 0.500. The Morgan fingerprint density at radius 3 is 3.00 bits per heavy atom. The maximum atomic E-state index is 12.2. The molecular weight excluding hydrogens is 230 g/mol. The van der Waals surface area contributed by atoms with Crippen LogP contribution in [0, 0.1) is 6.92 Å². The Morgan fingerprint density at radius 2 is 2.39 bits per heavy atom. The molecular formula is C14H19NO3. The van der Waals surface area contributed by atoms with Crippen molar-refractivity contribution >= 4 is 5.78 Å². The van der Waals surface area contributed by atoms with E-state index in [-0.39, 0.29) is 11.9 Å². The molecule has 2 rings (SSSR count). The van der Waals surface area contributed by atoms with Crippen LogP contribution in [0.4, 0.5) is 0 Å². The highest BCUT2D eigenvalue weighted by atomic mass is 16.5. The van der Waals surface area contributed by atoms with Crippen LogP contribution in [0.15, 0.2) is 18.2 Å². The van der Waals surface area contributed by atoms with Crippen molar-refractivity contribution in [2.24, 2.45) is 0 Å². The number of ether oxygens (including phenoxy) is 2. The van der Waals surface area contributed by atoms with Crippen molar-refractivity contribution in [3.05, 3.63) is 29.3 Å². The van der Waals surface area contributed by atoms with E-state index in [0.717, 1.165) is 17.9 Å². The number of ketones is 1. The predicted octanol–water partition coefficient (Wildman–Crippen LogP) is 1.56. The Balaban J connectivity index is 2.12. The SMILES string of the molecule is CCOc1ccc(C(=O)C2CNCCO2)cc1C. The lowest BCUT2D eigenvalue weighted by molar-refractivity contribution is 0.0269. The van der Waals surface area contributed by atoms with Crippen molar-refractivity contribution < 1.29 is 14.3 Å². The van der Waals surface area contributed by atoms with E-state index >= 15 is 0 Å². The number of hydrogen-bond acceptors (Lipinski definition) is 4. The average Bonchev–Trinajstić information content (AvgIpc) is 2.41. The molecule has 0 spiro atoms. The van der Waals surface area contributed by atoms with Crippen molar-refractivity contribution in [3.8, 4) is 5.75 Å². The monoisotopic (exact) mass is 249 g/mol. The van der Waals surface area contributed by atoms with Gasteiger partial charge in [0.15, 0.2) is 5.78 Å². The summed E-state index contributed by atoms with van der Waals surface area (Å²) >= 11 is 0. The highest BCUT2D eigenvalue weighted by molar-refractivity contribution is 6.00. The van der Waals surface area contributed by atoms with E-state index in [0.29, 0.717) is 25.3 Å². The smallest absolute Gasteiger partial charge is 0.192 e. The lowest BCUT2D eigenvalue weighted by Crippen LogP contribution is -2.43. The highest BCUT2D eigenvalue weighted by Gasteiger charge is 2.23. The summed E-state index contributed by atoms with van der Waals surface area (Å²) in [6.45, 7) is 6.51. The third kappa shape index (κ3) is 2.89. The van der Waals surface area contributed by atoms with Gasteiger partial charge in [-0.25, -0.2) is 0 Å². The van der Waals surface area contributed by atoms with Crippen LogP contribution in [0.1, 0.15) is 22.8 Å². The number of benzene rings is 1. The minimum atomic E-state index is -0.365. The molecule has 0 saturated carbocycles. The van der Waals surface area contributed by atoms with Gasteiger partial charge in [0.1, 0.15) is 11.9 Å². The molecule has 1 atom stereocenters. The average molecular weight is 249 g/mol. The second kappa shape index (κ2) is 5.98. The maximum absolute atomic E-state index is 12.2. The van der Waals surface area contributed by atoms with E-state index < -0.39 is 0 Å². The first-order valence-electron chi connectivity index (χ1n) is 6.32. The molecule has 98 valence electrons. The minimum Gasteiger partial charge on any atom is -0.494 e. The van der Waals surface area contributed by atoms with Crippen LogP contribution in [0.25, 0.3) is 0 Å². The molecule has 1 unspecified atom stereocenters. The van der Waals surface area contributed by atoms with Crippen LogP contribution in [-0.4, -0.2) is 38.2 Å². The van der Waals surface area contributed by atoms with Gasteiger partial charge in [-0.05, 0) is 37.6 Å². The van der Waals surface area contributed by atoms with Crippen LogP contribution in [0.5, 0.6) is 5.75 Å². The Kier molecular flexibility index (Phi) is 4.33. The van der Waals surface area contributed by atoms with Gasteiger partial charge in [-0.15, -0.1) is 0 Å². The van der Waals surface area contributed by atoms with E-state index in [1.54, 1.807) is 6.07 Å². The summed E-state index contributed by atoms with van der Waals surface area (Å²) in [7, 11) is 0. The number of carbonyl (C=O) groups is 1. The first-order valence-corrected chi connectivity index (χ1v) is 6.32. The number of morpholine rings is 1. The summed E-state index contributed by atoms with van der Waals surface area (Å²) in [6.07, 6.45) is -0.365. The lowest BCUT2D eigenvalue weighted by atomic mass is 10.0. The normalized spacial score (nSPS) is 19.6. The van der Waals surface area contributed by atoms with E-state index in [9.17, 15) is 4.79 Å². The third-order valence-electron chi connectivity index (χ3n) is 2.98. The van der Waals surface area contributed by atoms with Crippen LogP contribution in [0.3, 0.4) is 0 Å². The van der Waals surface area contributed by atoms with Crippen LogP contribution in [0.2, 0.25) is 0 Å². The number of Topliss-reactive ketones (excluding diaryl/α,β-unsaturated/α-hetero) is 1.